The molecule has 0 aliphatic rings. The molecule has 0 saturated heterocycles. The van der Waals surface area contributed by atoms with Gasteiger partial charge in [-0.05, 0) is 30.5 Å². The number of carbonyl (C=O) groups excluding carboxylic acids is 1. The lowest BCUT2D eigenvalue weighted by Gasteiger charge is -2.10. The summed E-state index contributed by atoms with van der Waals surface area (Å²) in [5, 5.41) is 14.1. The van der Waals surface area contributed by atoms with Crippen LogP contribution in [0.2, 0.25) is 0 Å². The highest BCUT2D eigenvalue weighted by Crippen LogP contribution is 2.21. The molecule has 3 aromatic rings. The maximum atomic E-state index is 12.4. The fraction of sp³-hybridized carbons (Fsp3) is 0.176. The third-order valence-corrected chi connectivity index (χ3v) is 5.37. The van der Waals surface area contributed by atoms with E-state index in [1.54, 1.807) is 34.9 Å². The molecular formula is C17H14N4O2S2. The van der Waals surface area contributed by atoms with Gasteiger partial charge in [0.25, 0.3) is 5.56 Å². The normalized spacial score (nSPS) is 10.6. The number of hydrogen-bond donors (Lipinski definition) is 1. The van der Waals surface area contributed by atoms with Crippen LogP contribution in [0, 0.1) is 11.3 Å². The Morgan fingerprint density at radius 1 is 1.40 bits per heavy atom. The number of benzene rings is 1. The molecule has 25 heavy (non-hydrogen) atoms. The molecular weight excluding hydrogens is 356 g/mol. The second-order valence-corrected chi connectivity index (χ2v) is 6.93. The van der Waals surface area contributed by atoms with E-state index in [0.29, 0.717) is 33.2 Å². The first-order valence-electron chi connectivity index (χ1n) is 7.54. The van der Waals surface area contributed by atoms with Crippen molar-refractivity contribution in [1.29, 1.82) is 5.26 Å². The molecule has 2 heterocycles. The molecule has 3 rings (SSSR count). The van der Waals surface area contributed by atoms with Gasteiger partial charge in [-0.2, -0.15) is 5.26 Å². The Morgan fingerprint density at radius 2 is 2.20 bits per heavy atom. The van der Waals surface area contributed by atoms with E-state index < -0.39 is 0 Å². The number of carbonyl (C=O) groups is 1. The summed E-state index contributed by atoms with van der Waals surface area (Å²) >= 11 is 2.57. The average molecular weight is 370 g/mol. The minimum absolute atomic E-state index is 0.0831. The van der Waals surface area contributed by atoms with Crippen molar-refractivity contribution in [2.24, 2.45) is 0 Å². The van der Waals surface area contributed by atoms with Gasteiger partial charge in [0.15, 0.2) is 5.16 Å². The van der Waals surface area contributed by atoms with Gasteiger partial charge in [0.1, 0.15) is 10.8 Å². The summed E-state index contributed by atoms with van der Waals surface area (Å²) in [5.41, 5.74) is 1.45. The molecule has 0 aliphatic heterocycles. The standard InChI is InChI=1S/C17H14N4O2S2/c1-2-21-16(23)15-13(7-8-24-15)20-17(21)25-10-14(22)19-12-6-4-3-5-11(12)9-18/h3-8H,2,10H2,1H3,(H,19,22). The molecule has 0 aliphatic carbocycles. The lowest BCUT2D eigenvalue weighted by atomic mass is 10.2. The topological polar surface area (TPSA) is 87.8 Å². The van der Waals surface area contributed by atoms with Gasteiger partial charge in [-0.3, -0.25) is 14.2 Å². The molecule has 0 radical (unpaired) electrons. The molecule has 0 bridgehead atoms. The van der Waals surface area contributed by atoms with Crippen LogP contribution in [-0.2, 0) is 11.3 Å². The number of anilines is 1. The van der Waals surface area contributed by atoms with Crippen molar-refractivity contribution in [3.63, 3.8) is 0 Å². The van der Waals surface area contributed by atoms with Crippen molar-refractivity contribution in [3.05, 3.63) is 51.6 Å². The fourth-order valence-electron chi connectivity index (χ4n) is 2.32. The molecule has 0 fully saturated rings. The van der Waals surface area contributed by atoms with E-state index in [0.717, 1.165) is 0 Å². The van der Waals surface area contributed by atoms with E-state index >= 15 is 0 Å². The van der Waals surface area contributed by atoms with Gasteiger partial charge in [-0.15, -0.1) is 11.3 Å². The fourth-order valence-corrected chi connectivity index (χ4v) is 3.96. The minimum Gasteiger partial charge on any atom is -0.324 e. The van der Waals surface area contributed by atoms with Crippen molar-refractivity contribution in [2.45, 2.75) is 18.6 Å². The first-order valence-corrected chi connectivity index (χ1v) is 9.40. The molecule has 0 spiro atoms. The zero-order valence-corrected chi connectivity index (χ0v) is 15.0. The van der Waals surface area contributed by atoms with Crippen LogP contribution >= 0.6 is 23.1 Å². The Labute approximate surface area is 152 Å². The maximum Gasteiger partial charge on any atom is 0.272 e. The molecule has 1 aromatic carbocycles. The highest BCUT2D eigenvalue weighted by atomic mass is 32.2. The third-order valence-electron chi connectivity index (χ3n) is 3.50. The van der Waals surface area contributed by atoms with Crippen LogP contribution in [0.25, 0.3) is 10.2 Å². The smallest absolute Gasteiger partial charge is 0.272 e. The molecule has 8 heteroatoms. The number of para-hydroxylation sites is 1. The Hall–Kier alpha value is -2.63. The number of fused-ring (bicyclic) bond motifs is 1. The first kappa shape index (κ1) is 17.2. The SMILES string of the molecule is CCn1c(SCC(=O)Nc2ccccc2C#N)nc2ccsc2c1=O. The summed E-state index contributed by atoms with van der Waals surface area (Å²) in [6.45, 7) is 2.36. The minimum atomic E-state index is -0.255. The number of rotatable bonds is 5. The van der Waals surface area contributed by atoms with Gasteiger partial charge in [0, 0.05) is 6.54 Å². The van der Waals surface area contributed by atoms with Crippen molar-refractivity contribution in [3.8, 4) is 6.07 Å². The quantitative estimate of drug-likeness (QED) is 0.551. The van der Waals surface area contributed by atoms with E-state index in [1.165, 1.54) is 23.1 Å². The molecule has 1 amide bonds. The van der Waals surface area contributed by atoms with Gasteiger partial charge < -0.3 is 5.32 Å². The van der Waals surface area contributed by atoms with Gasteiger partial charge in [-0.25, -0.2) is 4.98 Å². The summed E-state index contributed by atoms with van der Waals surface area (Å²) in [6.07, 6.45) is 0. The zero-order chi connectivity index (χ0) is 17.8. The van der Waals surface area contributed by atoms with E-state index in [2.05, 4.69) is 10.3 Å². The van der Waals surface area contributed by atoms with Gasteiger partial charge in [-0.1, -0.05) is 23.9 Å². The lowest BCUT2D eigenvalue weighted by Crippen LogP contribution is -2.22. The molecule has 0 unspecified atom stereocenters. The monoisotopic (exact) mass is 370 g/mol. The average Bonchev–Trinajstić information content (AvgIpc) is 3.09. The summed E-state index contributed by atoms with van der Waals surface area (Å²) < 4.78 is 2.19. The van der Waals surface area contributed by atoms with Gasteiger partial charge in [0.05, 0.1) is 22.5 Å². The van der Waals surface area contributed by atoms with Crippen molar-refractivity contribution >= 4 is 44.9 Å². The highest BCUT2D eigenvalue weighted by molar-refractivity contribution is 7.99. The van der Waals surface area contributed by atoms with Crippen LogP contribution in [0.1, 0.15) is 12.5 Å². The van der Waals surface area contributed by atoms with Crippen LogP contribution in [0.5, 0.6) is 0 Å². The number of amides is 1. The second kappa shape index (κ2) is 7.51. The number of aromatic nitrogens is 2. The van der Waals surface area contributed by atoms with Crippen LogP contribution in [0.15, 0.2) is 45.7 Å². The van der Waals surface area contributed by atoms with Crippen LogP contribution in [0.3, 0.4) is 0 Å². The Morgan fingerprint density at radius 3 is 2.96 bits per heavy atom. The molecule has 6 nitrogen and oxygen atoms in total. The van der Waals surface area contributed by atoms with Gasteiger partial charge >= 0.3 is 0 Å². The molecule has 0 saturated carbocycles. The van der Waals surface area contributed by atoms with Crippen LogP contribution in [0.4, 0.5) is 5.69 Å². The molecule has 1 N–H and O–H groups in total. The predicted octanol–water partition coefficient (Wildman–Crippen LogP) is 3.08. The van der Waals surface area contributed by atoms with Crippen LogP contribution < -0.4 is 10.9 Å². The number of nitriles is 1. The van der Waals surface area contributed by atoms with Crippen molar-refractivity contribution in [2.75, 3.05) is 11.1 Å². The third kappa shape index (κ3) is 3.57. The molecule has 2 aromatic heterocycles. The number of nitrogens with zero attached hydrogens (tertiary/aromatic N) is 3. The number of thiophene rings is 1. The van der Waals surface area contributed by atoms with E-state index in [1.807, 2.05) is 18.4 Å². The maximum absolute atomic E-state index is 12.4. The lowest BCUT2D eigenvalue weighted by molar-refractivity contribution is -0.113. The largest absolute Gasteiger partial charge is 0.324 e. The summed E-state index contributed by atoms with van der Waals surface area (Å²) in [7, 11) is 0. The number of thioether (sulfide) groups is 1. The van der Waals surface area contributed by atoms with E-state index in [9.17, 15) is 9.59 Å². The van der Waals surface area contributed by atoms with E-state index in [4.69, 9.17) is 5.26 Å². The second-order valence-electron chi connectivity index (χ2n) is 5.07. The first-order chi connectivity index (χ1) is 12.1. The Kier molecular flexibility index (Phi) is 5.16. The van der Waals surface area contributed by atoms with Crippen LogP contribution in [-0.4, -0.2) is 21.2 Å². The number of hydrogen-bond acceptors (Lipinski definition) is 6. The molecule has 0 atom stereocenters. The Balaban J connectivity index is 1.77. The predicted molar refractivity (Wildman–Crippen MR) is 100 cm³/mol. The molecule has 126 valence electrons. The van der Waals surface area contributed by atoms with E-state index in [-0.39, 0.29) is 17.2 Å². The Bertz CT molecular complexity index is 1030. The zero-order valence-electron chi connectivity index (χ0n) is 13.4. The summed E-state index contributed by atoms with van der Waals surface area (Å²) in [6, 6.07) is 10.7. The summed E-state index contributed by atoms with van der Waals surface area (Å²) in [5.74, 6) is -0.156. The number of nitrogens with one attached hydrogen (secondary N) is 1. The van der Waals surface area contributed by atoms with Gasteiger partial charge in [0.2, 0.25) is 5.91 Å². The summed E-state index contributed by atoms with van der Waals surface area (Å²) in [4.78, 5) is 29.1. The highest BCUT2D eigenvalue weighted by Gasteiger charge is 2.13. The van der Waals surface area contributed by atoms with Crippen molar-refractivity contribution < 1.29 is 4.79 Å². The van der Waals surface area contributed by atoms with Crippen molar-refractivity contribution in [1.82, 2.24) is 9.55 Å².